The maximum Gasteiger partial charge on any atom is 0.122 e. The Bertz CT molecular complexity index is 635. The van der Waals surface area contributed by atoms with Crippen LogP contribution in [-0.2, 0) is 0 Å². The van der Waals surface area contributed by atoms with Gasteiger partial charge < -0.3 is 14.8 Å². The molecule has 2 aromatic carbocycles. The van der Waals surface area contributed by atoms with Crippen LogP contribution in [0.1, 0.15) is 31.9 Å². The number of aryl methyl sites for hydroxylation is 2. The molecule has 2 rings (SSSR count). The van der Waals surface area contributed by atoms with Gasteiger partial charge in [0.1, 0.15) is 17.6 Å². The number of nitrogens with one attached hydrogen (secondary N) is 1. The highest BCUT2D eigenvalue weighted by molar-refractivity contribution is 5.46. The zero-order chi connectivity index (χ0) is 17.5. The van der Waals surface area contributed by atoms with Gasteiger partial charge in [-0.2, -0.15) is 0 Å². The van der Waals surface area contributed by atoms with Crippen LogP contribution in [0.15, 0.2) is 42.5 Å². The van der Waals surface area contributed by atoms with Crippen molar-refractivity contribution in [3.05, 3.63) is 53.6 Å². The molecule has 0 saturated heterocycles. The Morgan fingerprint density at radius 3 is 2.33 bits per heavy atom. The van der Waals surface area contributed by atoms with E-state index in [0.29, 0.717) is 5.92 Å². The lowest BCUT2D eigenvalue weighted by atomic mass is 10.1. The fraction of sp³-hybridized carbons (Fsp3) is 0.429. The summed E-state index contributed by atoms with van der Waals surface area (Å²) in [7, 11) is 0. The number of ether oxygens (including phenoxy) is 2. The van der Waals surface area contributed by atoms with Gasteiger partial charge in [-0.3, -0.25) is 0 Å². The minimum absolute atomic E-state index is 0.0855. The highest BCUT2D eigenvalue weighted by Crippen LogP contribution is 2.21. The smallest absolute Gasteiger partial charge is 0.122 e. The van der Waals surface area contributed by atoms with Gasteiger partial charge in [0.2, 0.25) is 0 Å². The Kier molecular flexibility index (Phi) is 6.53. The Hall–Kier alpha value is -2.16. The molecule has 0 bridgehead atoms. The molecule has 1 atom stereocenters. The first-order chi connectivity index (χ1) is 11.4. The standard InChI is InChI=1S/C21H29NO2/c1-15(2)14-23-20-10-8-19(9-11-20)22-13-18(5)24-21-12-16(3)6-7-17(21)4/h6-12,15,18,22H,13-14H2,1-5H3. The van der Waals surface area contributed by atoms with E-state index in [1.165, 1.54) is 11.1 Å². The van der Waals surface area contributed by atoms with Gasteiger partial charge in [-0.1, -0.05) is 26.0 Å². The van der Waals surface area contributed by atoms with Crippen molar-refractivity contribution in [3.63, 3.8) is 0 Å². The molecule has 3 nitrogen and oxygen atoms in total. The van der Waals surface area contributed by atoms with Gasteiger partial charge in [0, 0.05) is 5.69 Å². The molecule has 0 heterocycles. The third kappa shape index (κ3) is 5.80. The lowest BCUT2D eigenvalue weighted by Crippen LogP contribution is -2.23. The molecule has 1 N–H and O–H groups in total. The lowest BCUT2D eigenvalue weighted by Gasteiger charge is -2.18. The Balaban J connectivity index is 1.83. The average Bonchev–Trinajstić information content (AvgIpc) is 2.55. The normalized spacial score (nSPS) is 12.1. The van der Waals surface area contributed by atoms with Crippen LogP contribution in [-0.4, -0.2) is 19.3 Å². The summed E-state index contributed by atoms with van der Waals surface area (Å²) in [6.07, 6.45) is 0.0855. The van der Waals surface area contributed by atoms with Crippen molar-refractivity contribution in [1.82, 2.24) is 0 Å². The van der Waals surface area contributed by atoms with Crippen molar-refractivity contribution in [3.8, 4) is 11.5 Å². The largest absolute Gasteiger partial charge is 0.493 e. The molecule has 0 aromatic heterocycles. The van der Waals surface area contributed by atoms with E-state index in [1.54, 1.807) is 0 Å². The highest BCUT2D eigenvalue weighted by atomic mass is 16.5. The van der Waals surface area contributed by atoms with E-state index in [4.69, 9.17) is 9.47 Å². The Morgan fingerprint density at radius 1 is 0.958 bits per heavy atom. The lowest BCUT2D eigenvalue weighted by molar-refractivity contribution is 0.233. The van der Waals surface area contributed by atoms with E-state index in [-0.39, 0.29) is 6.10 Å². The predicted octanol–water partition coefficient (Wildman–Crippen LogP) is 5.22. The summed E-state index contributed by atoms with van der Waals surface area (Å²) < 4.78 is 11.7. The van der Waals surface area contributed by atoms with Crippen LogP contribution < -0.4 is 14.8 Å². The van der Waals surface area contributed by atoms with Gasteiger partial charge in [0.05, 0.1) is 13.2 Å². The van der Waals surface area contributed by atoms with Crippen LogP contribution >= 0.6 is 0 Å². The first-order valence-electron chi connectivity index (χ1n) is 8.64. The summed E-state index contributed by atoms with van der Waals surface area (Å²) >= 11 is 0. The second-order valence-corrected chi connectivity index (χ2v) is 6.81. The van der Waals surface area contributed by atoms with E-state index in [9.17, 15) is 0 Å². The molecule has 0 radical (unpaired) electrons. The van der Waals surface area contributed by atoms with Crippen LogP contribution in [0.2, 0.25) is 0 Å². The van der Waals surface area contributed by atoms with Crippen LogP contribution in [0.4, 0.5) is 5.69 Å². The maximum atomic E-state index is 6.05. The van der Waals surface area contributed by atoms with Crippen LogP contribution in [0.3, 0.4) is 0 Å². The van der Waals surface area contributed by atoms with Gasteiger partial charge in [0.25, 0.3) is 0 Å². The molecule has 0 amide bonds. The van der Waals surface area contributed by atoms with Crippen LogP contribution in [0.5, 0.6) is 11.5 Å². The highest BCUT2D eigenvalue weighted by Gasteiger charge is 2.07. The molecule has 0 aliphatic carbocycles. The molecule has 1 unspecified atom stereocenters. The quantitative estimate of drug-likeness (QED) is 0.721. The summed E-state index contributed by atoms with van der Waals surface area (Å²) in [4.78, 5) is 0. The third-order valence-corrected chi connectivity index (χ3v) is 3.70. The van der Waals surface area contributed by atoms with E-state index in [1.807, 2.05) is 24.3 Å². The number of benzene rings is 2. The van der Waals surface area contributed by atoms with Crippen LogP contribution in [0, 0.1) is 19.8 Å². The molecule has 0 saturated carbocycles. The molecule has 0 aliphatic heterocycles. The van der Waals surface area contributed by atoms with E-state index < -0.39 is 0 Å². The fourth-order valence-corrected chi connectivity index (χ4v) is 2.29. The summed E-state index contributed by atoms with van der Waals surface area (Å²) in [5, 5.41) is 3.41. The predicted molar refractivity (Wildman–Crippen MR) is 101 cm³/mol. The van der Waals surface area contributed by atoms with E-state index >= 15 is 0 Å². The summed E-state index contributed by atoms with van der Waals surface area (Å²) in [5.74, 6) is 2.40. The minimum atomic E-state index is 0.0855. The van der Waals surface area contributed by atoms with Crippen LogP contribution in [0.25, 0.3) is 0 Å². The second kappa shape index (κ2) is 8.62. The summed E-state index contributed by atoms with van der Waals surface area (Å²) in [5.41, 5.74) is 3.45. The van der Waals surface area contributed by atoms with Crippen molar-refractivity contribution in [2.45, 2.75) is 40.7 Å². The molecular formula is C21H29NO2. The molecule has 130 valence electrons. The molecule has 24 heavy (non-hydrogen) atoms. The van der Waals surface area contributed by atoms with Gasteiger partial charge in [0.15, 0.2) is 0 Å². The fourth-order valence-electron chi connectivity index (χ4n) is 2.29. The molecule has 2 aromatic rings. The summed E-state index contributed by atoms with van der Waals surface area (Å²) in [6.45, 7) is 12.0. The van der Waals surface area contributed by atoms with Gasteiger partial charge in [-0.05, 0) is 68.1 Å². The maximum absolute atomic E-state index is 6.05. The third-order valence-electron chi connectivity index (χ3n) is 3.70. The van der Waals surface area contributed by atoms with Crippen molar-refractivity contribution in [1.29, 1.82) is 0 Å². The monoisotopic (exact) mass is 327 g/mol. The van der Waals surface area contributed by atoms with Gasteiger partial charge >= 0.3 is 0 Å². The number of rotatable bonds is 8. The Labute approximate surface area is 146 Å². The summed E-state index contributed by atoms with van der Waals surface area (Å²) in [6, 6.07) is 14.4. The number of hydrogen-bond acceptors (Lipinski definition) is 3. The first kappa shape index (κ1) is 18.2. The molecule has 0 fully saturated rings. The minimum Gasteiger partial charge on any atom is -0.493 e. The second-order valence-electron chi connectivity index (χ2n) is 6.81. The molecule has 0 spiro atoms. The van der Waals surface area contributed by atoms with E-state index in [2.05, 4.69) is 58.1 Å². The molecular weight excluding hydrogens is 298 g/mol. The van der Waals surface area contributed by atoms with Crippen molar-refractivity contribution < 1.29 is 9.47 Å². The van der Waals surface area contributed by atoms with Crippen molar-refractivity contribution >= 4 is 5.69 Å². The number of anilines is 1. The SMILES string of the molecule is Cc1ccc(C)c(OC(C)CNc2ccc(OCC(C)C)cc2)c1. The Morgan fingerprint density at radius 2 is 1.67 bits per heavy atom. The average molecular weight is 327 g/mol. The number of hydrogen-bond donors (Lipinski definition) is 1. The van der Waals surface area contributed by atoms with Gasteiger partial charge in [-0.25, -0.2) is 0 Å². The molecule has 0 aliphatic rings. The topological polar surface area (TPSA) is 30.5 Å². The van der Waals surface area contributed by atoms with Gasteiger partial charge in [-0.15, -0.1) is 0 Å². The zero-order valence-corrected chi connectivity index (χ0v) is 15.4. The van der Waals surface area contributed by atoms with E-state index in [0.717, 1.165) is 30.3 Å². The van der Waals surface area contributed by atoms with Crippen molar-refractivity contribution in [2.75, 3.05) is 18.5 Å². The van der Waals surface area contributed by atoms with Crippen molar-refractivity contribution in [2.24, 2.45) is 5.92 Å². The molecule has 3 heteroatoms. The first-order valence-corrected chi connectivity index (χ1v) is 8.64. The zero-order valence-electron chi connectivity index (χ0n) is 15.4.